The molecule has 2 N–H and O–H groups in total. The van der Waals surface area contributed by atoms with Gasteiger partial charge in [0.15, 0.2) is 0 Å². The van der Waals surface area contributed by atoms with E-state index in [4.69, 9.17) is 0 Å². The van der Waals surface area contributed by atoms with Crippen molar-refractivity contribution in [1.29, 1.82) is 0 Å². The van der Waals surface area contributed by atoms with E-state index in [1.54, 1.807) is 24.3 Å². The van der Waals surface area contributed by atoms with E-state index in [1.807, 2.05) is 13.8 Å². The first-order valence-corrected chi connectivity index (χ1v) is 3.84. The van der Waals surface area contributed by atoms with E-state index in [2.05, 4.69) is 0 Å². The molecule has 0 aliphatic heterocycles. The van der Waals surface area contributed by atoms with Gasteiger partial charge in [0, 0.05) is 0 Å². The maximum absolute atomic E-state index is 9.83. The third kappa shape index (κ3) is 1.37. The second-order valence-corrected chi connectivity index (χ2v) is 3.23. The van der Waals surface area contributed by atoms with Gasteiger partial charge in [-0.3, -0.25) is 0 Å². The van der Waals surface area contributed by atoms with Crippen LogP contribution in [0.4, 0.5) is 0 Å². The van der Waals surface area contributed by atoms with Crippen molar-refractivity contribution in [2.24, 2.45) is 5.92 Å². The van der Waals surface area contributed by atoms with Gasteiger partial charge in [-0.15, -0.1) is 0 Å². The van der Waals surface area contributed by atoms with Crippen molar-refractivity contribution in [3.8, 4) is 0 Å². The van der Waals surface area contributed by atoms with Gasteiger partial charge in [0.05, 0.1) is 0 Å². The number of allylic oxidation sites excluding steroid dienone is 2. The Balaban J connectivity index is 2.85. The summed E-state index contributed by atoms with van der Waals surface area (Å²) in [6, 6.07) is 0. The van der Waals surface area contributed by atoms with Gasteiger partial charge in [-0.25, -0.2) is 0 Å². The van der Waals surface area contributed by atoms with E-state index < -0.39 is 11.7 Å². The van der Waals surface area contributed by atoms with Crippen LogP contribution < -0.4 is 0 Å². The predicted octanol–water partition coefficient (Wildman–Crippen LogP) is 0.860. The lowest BCUT2D eigenvalue weighted by atomic mass is 9.82. The summed E-state index contributed by atoms with van der Waals surface area (Å²) in [6.07, 6.45) is 5.96. The Bertz CT molecular complexity index is 194. The molecule has 0 bridgehead atoms. The molecule has 1 aliphatic carbocycles. The minimum Gasteiger partial charge on any atom is -0.386 e. The molecule has 2 nitrogen and oxygen atoms in total. The highest BCUT2D eigenvalue weighted by Gasteiger charge is 2.35. The van der Waals surface area contributed by atoms with Crippen LogP contribution in [0.2, 0.25) is 0 Å². The van der Waals surface area contributed by atoms with E-state index >= 15 is 0 Å². The van der Waals surface area contributed by atoms with Crippen LogP contribution in [-0.4, -0.2) is 21.9 Å². The first-order chi connectivity index (χ1) is 5.07. The Morgan fingerprint density at radius 2 is 2.00 bits per heavy atom. The SMILES string of the molecule is CC(C)C1(O)C=CC=CC1O. The Labute approximate surface area is 66.9 Å². The fourth-order valence-corrected chi connectivity index (χ4v) is 1.17. The van der Waals surface area contributed by atoms with Gasteiger partial charge in [0.25, 0.3) is 0 Å². The van der Waals surface area contributed by atoms with Crippen LogP contribution in [0, 0.1) is 5.92 Å². The topological polar surface area (TPSA) is 40.5 Å². The lowest BCUT2D eigenvalue weighted by Crippen LogP contribution is -2.45. The van der Waals surface area contributed by atoms with E-state index in [-0.39, 0.29) is 5.92 Å². The Hall–Kier alpha value is -0.600. The normalized spacial score (nSPS) is 36.6. The second-order valence-electron chi connectivity index (χ2n) is 3.23. The number of hydrogen-bond donors (Lipinski definition) is 2. The molecule has 2 atom stereocenters. The molecular weight excluding hydrogens is 140 g/mol. The molecule has 0 spiro atoms. The molecular formula is C9H14O2. The monoisotopic (exact) mass is 154 g/mol. The van der Waals surface area contributed by atoms with Crippen LogP contribution in [0.5, 0.6) is 0 Å². The van der Waals surface area contributed by atoms with Gasteiger partial charge in [-0.2, -0.15) is 0 Å². The molecule has 0 radical (unpaired) electrons. The van der Waals surface area contributed by atoms with Crippen molar-refractivity contribution in [1.82, 2.24) is 0 Å². The Morgan fingerprint density at radius 3 is 2.36 bits per heavy atom. The molecule has 0 amide bonds. The van der Waals surface area contributed by atoms with E-state index in [0.717, 1.165) is 0 Å². The highest BCUT2D eigenvalue weighted by Crippen LogP contribution is 2.26. The molecule has 0 aromatic rings. The molecule has 0 aromatic heterocycles. The van der Waals surface area contributed by atoms with Crippen molar-refractivity contribution in [3.63, 3.8) is 0 Å². The summed E-state index contributed by atoms with van der Waals surface area (Å²) in [5.41, 5.74) is -1.07. The zero-order valence-corrected chi connectivity index (χ0v) is 6.86. The Kier molecular flexibility index (Phi) is 2.16. The molecule has 0 heterocycles. The number of rotatable bonds is 1. The maximum atomic E-state index is 9.83. The van der Waals surface area contributed by atoms with Crippen molar-refractivity contribution in [2.75, 3.05) is 0 Å². The van der Waals surface area contributed by atoms with Crippen LogP contribution in [0.3, 0.4) is 0 Å². The standard InChI is InChI=1S/C9H14O2/c1-7(2)9(11)6-4-3-5-8(9)10/h3-8,10-11H,1-2H3. The first-order valence-electron chi connectivity index (χ1n) is 3.84. The molecule has 1 rings (SSSR count). The second kappa shape index (κ2) is 2.80. The summed E-state index contributed by atoms with van der Waals surface area (Å²) >= 11 is 0. The van der Waals surface area contributed by atoms with Gasteiger partial charge >= 0.3 is 0 Å². The van der Waals surface area contributed by atoms with Gasteiger partial charge in [-0.1, -0.05) is 32.1 Å². The first kappa shape index (κ1) is 8.50. The van der Waals surface area contributed by atoms with E-state index in [1.165, 1.54) is 0 Å². The minimum absolute atomic E-state index is 0.0266. The fraction of sp³-hybridized carbons (Fsp3) is 0.556. The zero-order chi connectivity index (χ0) is 8.48. The number of aliphatic hydroxyl groups is 2. The summed E-state index contributed by atoms with van der Waals surface area (Å²) in [5.74, 6) is 0.0266. The van der Waals surface area contributed by atoms with Crippen molar-refractivity contribution < 1.29 is 10.2 Å². The van der Waals surface area contributed by atoms with Crippen LogP contribution >= 0.6 is 0 Å². The van der Waals surface area contributed by atoms with Crippen molar-refractivity contribution in [2.45, 2.75) is 25.6 Å². The summed E-state index contributed by atoms with van der Waals surface area (Å²) in [6.45, 7) is 3.76. The molecule has 1 aliphatic rings. The van der Waals surface area contributed by atoms with Crippen LogP contribution in [0.1, 0.15) is 13.8 Å². The quantitative estimate of drug-likeness (QED) is 0.588. The van der Waals surface area contributed by atoms with E-state index in [0.29, 0.717) is 0 Å². The smallest absolute Gasteiger partial charge is 0.115 e. The molecule has 11 heavy (non-hydrogen) atoms. The van der Waals surface area contributed by atoms with Gasteiger partial charge < -0.3 is 10.2 Å². The molecule has 2 unspecified atom stereocenters. The van der Waals surface area contributed by atoms with Crippen molar-refractivity contribution in [3.05, 3.63) is 24.3 Å². The third-order valence-electron chi connectivity index (χ3n) is 2.17. The fourth-order valence-electron chi connectivity index (χ4n) is 1.17. The van der Waals surface area contributed by atoms with Crippen molar-refractivity contribution >= 4 is 0 Å². The predicted molar refractivity (Wildman–Crippen MR) is 44.1 cm³/mol. The van der Waals surface area contributed by atoms with Crippen LogP contribution in [0.15, 0.2) is 24.3 Å². The van der Waals surface area contributed by atoms with E-state index in [9.17, 15) is 10.2 Å². The van der Waals surface area contributed by atoms with Crippen LogP contribution in [-0.2, 0) is 0 Å². The average Bonchev–Trinajstić information content (AvgIpc) is 1.95. The molecule has 62 valence electrons. The largest absolute Gasteiger partial charge is 0.386 e. The number of hydrogen-bond acceptors (Lipinski definition) is 2. The zero-order valence-electron chi connectivity index (χ0n) is 6.86. The lowest BCUT2D eigenvalue weighted by molar-refractivity contribution is -0.0479. The average molecular weight is 154 g/mol. The highest BCUT2D eigenvalue weighted by molar-refractivity contribution is 5.23. The molecule has 2 heteroatoms. The summed E-state index contributed by atoms with van der Waals surface area (Å²) in [4.78, 5) is 0. The highest BCUT2D eigenvalue weighted by atomic mass is 16.3. The summed E-state index contributed by atoms with van der Waals surface area (Å²) < 4.78 is 0. The number of aliphatic hydroxyl groups excluding tert-OH is 1. The maximum Gasteiger partial charge on any atom is 0.115 e. The van der Waals surface area contributed by atoms with Gasteiger partial charge in [-0.05, 0) is 12.0 Å². The summed E-state index contributed by atoms with van der Waals surface area (Å²) in [5, 5.41) is 19.2. The third-order valence-corrected chi connectivity index (χ3v) is 2.17. The molecule has 0 aromatic carbocycles. The lowest BCUT2D eigenvalue weighted by Gasteiger charge is -2.33. The van der Waals surface area contributed by atoms with Gasteiger partial charge in [0.2, 0.25) is 0 Å². The molecule has 0 saturated carbocycles. The minimum atomic E-state index is -1.07. The molecule has 0 fully saturated rings. The summed E-state index contributed by atoms with van der Waals surface area (Å²) in [7, 11) is 0. The molecule has 0 saturated heterocycles. The van der Waals surface area contributed by atoms with Crippen LogP contribution in [0.25, 0.3) is 0 Å². The Morgan fingerprint density at radius 1 is 1.36 bits per heavy atom. The van der Waals surface area contributed by atoms with Gasteiger partial charge in [0.1, 0.15) is 11.7 Å².